The summed E-state index contributed by atoms with van der Waals surface area (Å²) < 4.78 is 13.9. The Labute approximate surface area is 212 Å². The van der Waals surface area contributed by atoms with Gasteiger partial charge in [0, 0.05) is 11.8 Å². The van der Waals surface area contributed by atoms with Crippen LogP contribution < -0.4 is 5.43 Å². The molecule has 0 amide bonds. The van der Waals surface area contributed by atoms with E-state index in [-0.39, 0.29) is 5.75 Å². The summed E-state index contributed by atoms with van der Waals surface area (Å²) in [7, 11) is 1.40. The Bertz CT molecular complexity index is 1070. The van der Waals surface area contributed by atoms with Crippen LogP contribution in [-0.4, -0.2) is 28.5 Å². The summed E-state index contributed by atoms with van der Waals surface area (Å²) in [4.78, 5) is 0. The summed E-state index contributed by atoms with van der Waals surface area (Å²) in [6.45, 7) is 12.1. The molecule has 1 unspecified atom stereocenters. The average Bonchev–Trinajstić information content (AvgIpc) is 2.90. The van der Waals surface area contributed by atoms with Gasteiger partial charge >= 0.3 is 0 Å². The number of hydrazone groups is 1. The van der Waals surface area contributed by atoms with Crippen molar-refractivity contribution in [2.75, 3.05) is 18.8 Å². The molecule has 0 spiro atoms. The second kappa shape index (κ2) is 19.0. The third-order valence-corrected chi connectivity index (χ3v) is 4.67. The zero-order valence-corrected chi connectivity index (χ0v) is 22.8. The van der Waals surface area contributed by atoms with Crippen molar-refractivity contribution in [3.63, 3.8) is 0 Å². The molecule has 7 nitrogen and oxygen atoms in total. The summed E-state index contributed by atoms with van der Waals surface area (Å²) in [5, 5.41) is 22.6. The number of anilines is 1. The third kappa shape index (κ3) is 12.6. The smallest absolute Gasteiger partial charge is 0.201 e. The van der Waals surface area contributed by atoms with E-state index >= 15 is 0 Å². The maximum Gasteiger partial charge on any atom is 0.201 e. The molecule has 0 aliphatic rings. The highest BCUT2D eigenvalue weighted by atomic mass is 32.2. The third-order valence-electron chi connectivity index (χ3n) is 4.20. The molecule has 0 bridgehead atoms. The number of aromatic hydroxyl groups is 1. The van der Waals surface area contributed by atoms with Crippen molar-refractivity contribution in [3.8, 4) is 5.75 Å². The predicted molar refractivity (Wildman–Crippen MR) is 149 cm³/mol. The van der Waals surface area contributed by atoms with E-state index in [0.717, 1.165) is 11.3 Å². The highest BCUT2D eigenvalue weighted by Gasteiger charge is 2.04. The molecule has 0 heterocycles. The van der Waals surface area contributed by atoms with Gasteiger partial charge in [0.25, 0.3) is 0 Å². The molecule has 0 saturated carbocycles. The van der Waals surface area contributed by atoms with Crippen molar-refractivity contribution < 1.29 is 13.5 Å². The predicted octanol–water partition coefficient (Wildman–Crippen LogP) is 7.55. The van der Waals surface area contributed by atoms with Crippen LogP contribution in [0.3, 0.4) is 0 Å². The van der Waals surface area contributed by atoms with E-state index in [9.17, 15) is 9.32 Å². The molecule has 3 rings (SSSR count). The van der Waals surface area contributed by atoms with E-state index < -0.39 is 11.1 Å². The highest BCUT2D eigenvalue weighted by molar-refractivity contribution is 7.79. The van der Waals surface area contributed by atoms with Gasteiger partial charge < -0.3 is 5.11 Å². The Hall–Kier alpha value is -3.36. The summed E-state index contributed by atoms with van der Waals surface area (Å²) in [5.74, 6) is 0.498. The Morgan fingerprint density at radius 2 is 1.46 bits per heavy atom. The van der Waals surface area contributed by atoms with Gasteiger partial charge in [0.2, 0.25) is 5.84 Å². The lowest BCUT2D eigenvalue weighted by Gasteiger charge is -2.06. The molecule has 8 heteroatoms. The minimum atomic E-state index is -1.07. The van der Waals surface area contributed by atoms with Crippen molar-refractivity contribution in [2.45, 2.75) is 41.5 Å². The van der Waals surface area contributed by atoms with Crippen LogP contribution in [0.1, 0.15) is 44.4 Å². The molecule has 0 aliphatic heterocycles. The first-order chi connectivity index (χ1) is 16.9. The van der Waals surface area contributed by atoms with Gasteiger partial charge in [0.05, 0.1) is 12.8 Å². The standard InChI is InChI=1S/C21H20N4O.C2H6O2S.2C2H6/c1-15-12-13-18(14-16(15)2)22-24-21(17-8-4-3-5-9-17)25-23-19-10-6-7-11-20(19)26;1-4-5(2)3;2*1-2/h3-14,22,26H,1-2H3;1-2H3;2*1-2H3/b24-21+,25-23?;;;. The molecule has 2 N–H and O–H groups in total. The van der Waals surface area contributed by atoms with Crippen molar-refractivity contribution >= 4 is 28.3 Å². The first-order valence-electron chi connectivity index (χ1n) is 11.4. The fourth-order valence-electron chi connectivity index (χ4n) is 2.31. The molecule has 0 aromatic heterocycles. The number of phenolic OH excluding ortho intramolecular Hbond substituents is 1. The van der Waals surface area contributed by atoms with Crippen molar-refractivity contribution in [3.05, 3.63) is 89.5 Å². The first kappa shape index (κ1) is 31.6. The summed E-state index contributed by atoms with van der Waals surface area (Å²) in [5.41, 5.74) is 7.53. The zero-order valence-electron chi connectivity index (χ0n) is 21.9. The van der Waals surface area contributed by atoms with E-state index in [0.29, 0.717) is 11.5 Å². The maximum atomic E-state index is 9.85. The number of azo groups is 1. The largest absolute Gasteiger partial charge is 0.506 e. The SMILES string of the molecule is CC.CC.COS(C)=O.Cc1ccc(N/N=C(/N=Nc2ccccc2O)c2ccccc2)cc1C. The van der Waals surface area contributed by atoms with Crippen LogP contribution in [0, 0.1) is 13.8 Å². The van der Waals surface area contributed by atoms with Crippen LogP contribution in [0.5, 0.6) is 5.75 Å². The number of benzene rings is 3. The molecule has 1 atom stereocenters. The molecule has 0 aliphatic carbocycles. The van der Waals surface area contributed by atoms with Crippen LogP contribution in [0.25, 0.3) is 0 Å². The van der Waals surface area contributed by atoms with Crippen LogP contribution in [0.4, 0.5) is 11.4 Å². The van der Waals surface area contributed by atoms with Gasteiger partial charge in [-0.15, -0.1) is 10.2 Å². The fourth-order valence-corrected chi connectivity index (χ4v) is 2.31. The van der Waals surface area contributed by atoms with Crippen LogP contribution in [-0.2, 0) is 15.3 Å². The maximum absolute atomic E-state index is 9.85. The number of nitrogens with zero attached hydrogens (tertiary/aromatic N) is 3. The van der Waals surface area contributed by atoms with Gasteiger partial charge in [-0.25, -0.2) is 4.21 Å². The lowest BCUT2D eigenvalue weighted by Crippen LogP contribution is -2.01. The summed E-state index contributed by atoms with van der Waals surface area (Å²) >= 11 is -1.07. The van der Waals surface area contributed by atoms with Gasteiger partial charge in [0.1, 0.15) is 11.4 Å². The summed E-state index contributed by atoms with van der Waals surface area (Å²) in [6, 6.07) is 22.4. The van der Waals surface area contributed by atoms with Crippen molar-refractivity contribution in [1.82, 2.24) is 0 Å². The molecular formula is C27H38N4O3S. The van der Waals surface area contributed by atoms with Crippen molar-refractivity contribution in [2.24, 2.45) is 15.3 Å². The number of hydrogen-bond acceptors (Lipinski definition) is 6. The Morgan fingerprint density at radius 3 is 2.00 bits per heavy atom. The van der Waals surface area contributed by atoms with E-state index in [1.165, 1.54) is 24.5 Å². The molecule has 35 heavy (non-hydrogen) atoms. The fraction of sp³-hybridized carbons (Fsp3) is 0.296. The normalized spacial score (nSPS) is 11.1. The van der Waals surface area contributed by atoms with Gasteiger partial charge in [0.15, 0.2) is 11.1 Å². The van der Waals surface area contributed by atoms with E-state index in [1.54, 1.807) is 24.3 Å². The topological polar surface area (TPSA) is 95.6 Å². The molecule has 0 fully saturated rings. The number of hydrogen-bond donors (Lipinski definition) is 2. The second-order valence-corrected chi connectivity index (χ2v) is 7.61. The molecule has 0 radical (unpaired) electrons. The minimum absolute atomic E-state index is 0.0748. The molecular weight excluding hydrogens is 460 g/mol. The lowest BCUT2D eigenvalue weighted by molar-refractivity contribution is 0.450. The molecule has 3 aromatic carbocycles. The van der Waals surface area contributed by atoms with Gasteiger partial charge in [-0.05, 0) is 49.2 Å². The number of para-hydroxylation sites is 1. The average molecular weight is 499 g/mol. The van der Waals surface area contributed by atoms with Crippen LogP contribution in [0.2, 0.25) is 0 Å². The summed E-state index contributed by atoms with van der Waals surface area (Å²) in [6.07, 6.45) is 1.47. The lowest BCUT2D eigenvalue weighted by atomic mass is 10.1. The minimum Gasteiger partial charge on any atom is -0.506 e. The van der Waals surface area contributed by atoms with E-state index in [2.05, 4.69) is 38.8 Å². The van der Waals surface area contributed by atoms with Crippen LogP contribution >= 0.6 is 0 Å². The second-order valence-electron chi connectivity index (χ2n) is 6.47. The zero-order chi connectivity index (χ0) is 26.6. The quantitative estimate of drug-likeness (QED) is 0.164. The Balaban J connectivity index is 0.00000112. The highest BCUT2D eigenvalue weighted by Crippen LogP contribution is 2.25. The number of rotatable bonds is 5. The number of nitrogens with one attached hydrogen (secondary N) is 1. The number of aryl methyl sites for hydroxylation is 2. The Morgan fingerprint density at radius 1 is 0.886 bits per heavy atom. The number of phenols is 1. The molecule has 190 valence electrons. The monoisotopic (exact) mass is 498 g/mol. The number of amidine groups is 1. The van der Waals surface area contributed by atoms with Gasteiger partial charge in [-0.3, -0.25) is 9.61 Å². The van der Waals surface area contributed by atoms with E-state index in [4.69, 9.17) is 0 Å². The molecule has 0 saturated heterocycles. The van der Waals surface area contributed by atoms with Gasteiger partial charge in [-0.1, -0.05) is 76.2 Å². The Kier molecular flexibility index (Phi) is 17.2. The van der Waals surface area contributed by atoms with Crippen molar-refractivity contribution in [1.29, 1.82) is 0 Å². The van der Waals surface area contributed by atoms with Gasteiger partial charge in [-0.2, -0.15) is 5.10 Å². The van der Waals surface area contributed by atoms with E-state index in [1.807, 2.05) is 76.2 Å². The van der Waals surface area contributed by atoms with Crippen LogP contribution in [0.15, 0.2) is 88.1 Å². The first-order valence-corrected chi connectivity index (χ1v) is 12.9. The molecule has 3 aromatic rings.